The second-order valence-electron chi connectivity index (χ2n) is 7.54. The molecule has 2 aromatic rings. The molecule has 0 radical (unpaired) electrons. The summed E-state index contributed by atoms with van der Waals surface area (Å²) in [5, 5.41) is 13.0. The zero-order valence-corrected chi connectivity index (χ0v) is 17.7. The van der Waals surface area contributed by atoms with Crippen molar-refractivity contribution >= 4 is 35.1 Å². The van der Waals surface area contributed by atoms with E-state index in [0.717, 1.165) is 0 Å². The summed E-state index contributed by atoms with van der Waals surface area (Å²) in [5.74, 6) is -0.990. The molecule has 1 atom stereocenters. The van der Waals surface area contributed by atoms with Crippen molar-refractivity contribution in [3.05, 3.63) is 53.6 Å². The van der Waals surface area contributed by atoms with Crippen molar-refractivity contribution in [2.75, 3.05) is 5.32 Å². The smallest absolute Gasteiger partial charge is 0.318 e. The van der Waals surface area contributed by atoms with Gasteiger partial charge in [-0.25, -0.2) is 4.72 Å². The first-order valence-corrected chi connectivity index (χ1v) is 10.2. The predicted molar refractivity (Wildman–Crippen MR) is 113 cm³/mol. The van der Waals surface area contributed by atoms with E-state index < -0.39 is 28.5 Å². The molecule has 30 heavy (non-hydrogen) atoms. The molecule has 0 aliphatic rings. The Balaban J connectivity index is 1.93. The van der Waals surface area contributed by atoms with Gasteiger partial charge in [-0.2, -0.15) is 4.21 Å². The molecular weight excluding hydrogens is 408 g/mol. The second-order valence-corrected chi connectivity index (χ2v) is 8.38. The standard InChI is InChI=1S/C21H24N2O6S/c1-21(2,3)16-11-14(13-24)12-17(20(16)27)22-18(25)9-10-19(26)23-30(28)29-15-7-5-4-6-8-15/h4-8,11-13,27H,9-10H2,1-3H3,(H,22,25)(H,23,26). The molecular formula is C21H24N2O6S. The molecule has 0 aromatic heterocycles. The lowest BCUT2D eigenvalue weighted by atomic mass is 9.85. The number of carbonyl (C=O) groups excluding carboxylic acids is 3. The highest BCUT2D eigenvalue weighted by molar-refractivity contribution is 7.79. The van der Waals surface area contributed by atoms with Gasteiger partial charge >= 0.3 is 11.3 Å². The van der Waals surface area contributed by atoms with Gasteiger partial charge in [0.25, 0.3) is 0 Å². The monoisotopic (exact) mass is 432 g/mol. The number of aldehydes is 1. The second kappa shape index (κ2) is 10.0. The van der Waals surface area contributed by atoms with Crippen LogP contribution in [-0.4, -0.2) is 27.4 Å². The highest BCUT2D eigenvalue weighted by Crippen LogP contribution is 2.37. The molecule has 9 heteroatoms. The minimum atomic E-state index is -2.08. The number of amides is 2. The first-order chi connectivity index (χ1) is 14.1. The first kappa shape index (κ1) is 23.1. The Kier molecular flexibility index (Phi) is 7.71. The Hall–Kier alpha value is -3.20. The van der Waals surface area contributed by atoms with Gasteiger partial charge < -0.3 is 14.6 Å². The van der Waals surface area contributed by atoms with E-state index in [1.165, 1.54) is 6.07 Å². The highest BCUT2D eigenvalue weighted by Gasteiger charge is 2.22. The van der Waals surface area contributed by atoms with Crippen LogP contribution in [0.1, 0.15) is 49.5 Å². The molecule has 0 aliphatic carbocycles. The lowest BCUT2D eigenvalue weighted by molar-refractivity contribution is -0.123. The molecule has 0 bridgehead atoms. The number of hydrogen-bond acceptors (Lipinski definition) is 6. The third-order valence-corrected chi connectivity index (χ3v) is 4.78. The van der Waals surface area contributed by atoms with Gasteiger partial charge in [-0.1, -0.05) is 39.0 Å². The maximum atomic E-state index is 12.2. The average Bonchev–Trinajstić information content (AvgIpc) is 2.67. The molecule has 160 valence electrons. The summed E-state index contributed by atoms with van der Waals surface area (Å²) >= 11 is -2.08. The molecule has 8 nitrogen and oxygen atoms in total. The van der Waals surface area contributed by atoms with Crippen molar-refractivity contribution in [2.45, 2.75) is 39.0 Å². The van der Waals surface area contributed by atoms with Crippen LogP contribution in [0.2, 0.25) is 0 Å². The summed E-state index contributed by atoms with van der Waals surface area (Å²) in [6.45, 7) is 5.60. The molecule has 0 saturated carbocycles. The third kappa shape index (κ3) is 6.70. The van der Waals surface area contributed by atoms with E-state index in [2.05, 4.69) is 10.0 Å². The Morgan fingerprint density at radius 1 is 1.10 bits per heavy atom. The number of carbonyl (C=O) groups is 3. The van der Waals surface area contributed by atoms with E-state index in [4.69, 9.17) is 4.18 Å². The number of anilines is 1. The molecule has 0 spiro atoms. The maximum Gasteiger partial charge on any atom is 0.318 e. The van der Waals surface area contributed by atoms with Crippen molar-refractivity contribution in [1.29, 1.82) is 0 Å². The SMILES string of the molecule is CC(C)(C)c1cc(C=O)cc(NC(=O)CCC(=O)NS(=O)Oc2ccccc2)c1O. The first-order valence-electron chi connectivity index (χ1n) is 9.17. The predicted octanol–water partition coefficient (Wildman–Crippen LogP) is 2.99. The van der Waals surface area contributed by atoms with Crippen LogP contribution in [-0.2, 0) is 26.3 Å². The Morgan fingerprint density at radius 3 is 2.33 bits per heavy atom. The largest absolute Gasteiger partial charge is 0.505 e. The van der Waals surface area contributed by atoms with Gasteiger partial charge in [0.2, 0.25) is 11.8 Å². The van der Waals surface area contributed by atoms with Crippen molar-refractivity contribution in [3.63, 3.8) is 0 Å². The summed E-state index contributed by atoms with van der Waals surface area (Å²) < 4.78 is 19.0. The number of phenols is 1. The molecule has 0 aliphatic heterocycles. The lowest BCUT2D eigenvalue weighted by Crippen LogP contribution is -2.29. The average molecular weight is 432 g/mol. The molecule has 0 heterocycles. The number of hydrogen-bond donors (Lipinski definition) is 3. The fourth-order valence-corrected chi connectivity index (χ4v) is 3.18. The van der Waals surface area contributed by atoms with Gasteiger partial charge in [-0.05, 0) is 29.7 Å². The number of nitrogens with one attached hydrogen (secondary N) is 2. The van der Waals surface area contributed by atoms with Gasteiger partial charge in [0, 0.05) is 24.0 Å². The van der Waals surface area contributed by atoms with Crippen LogP contribution in [0.25, 0.3) is 0 Å². The highest BCUT2D eigenvalue weighted by atomic mass is 32.2. The van der Waals surface area contributed by atoms with Gasteiger partial charge in [0.05, 0.1) is 5.69 Å². The van der Waals surface area contributed by atoms with E-state index >= 15 is 0 Å². The van der Waals surface area contributed by atoms with E-state index in [-0.39, 0.29) is 24.3 Å². The number of phenolic OH excluding ortho intramolecular Hbond substituents is 1. The Morgan fingerprint density at radius 2 is 1.73 bits per heavy atom. The van der Waals surface area contributed by atoms with Crippen LogP contribution in [0.3, 0.4) is 0 Å². The fraction of sp³-hybridized carbons (Fsp3) is 0.286. The Bertz CT molecular complexity index is 954. The van der Waals surface area contributed by atoms with Crippen LogP contribution >= 0.6 is 0 Å². The van der Waals surface area contributed by atoms with Crippen LogP contribution in [0, 0.1) is 0 Å². The van der Waals surface area contributed by atoms with Crippen molar-refractivity contribution in [1.82, 2.24) is 4.72 Å². The Labute approximate surface area is 177 Å². The molecule has 2 rings (SSSR count). The molecule has 0 fully saturated rings. The van der Waals surface area contributed by atoms with Crippen molar-refractivity contribution in [2.24, 2.45) is 0 Å². The van der Waals surface area contributed by atoms with E-state index in [9.17, 15) is 23.7 Å². The molecule has 2 amide bonds. The van der Waals surface area contributed by atoms with Crippen LogP contribution in [0.5, 0.6) is 11.5 Å². The van der Waals surface area contributed by atoms with Crippen molar-refractivity contribution in [3.8, 4) is 11.5 Å². The summed E-state index contributed by atoms with van der Waals surface area (Å²) in [5.41, 5.74) is 0.449. The van der Waals surface area contributed by atoms with Crippen LogP contribution < -0.4 is 14.2 Å². The van der Waals surface area contributed by atoms with E-state index in [1.54, 1.807) is 36.4 Å². The number of rotatable bonds is 8. The third-order valence-electron chi connectivity index (χ3n) is 4.04. The van der Waals surface area contributed by atoms with Gasteiger partial charge in [0.1, 0.15) is 17.8 Å². The fourth-order valence-electron chi connectivity index (χ4n) is 2.56. The zero-order valence-electron chi connectivity index (χ0n) is 16.9. The van der Waals surface area contributed by atoms with Gasteiger partial charge in [-0.3, -0.25) is 14.4 Å². The lowest BCUT2D eigenvalue weighted by Gasteiger charge is -2.22. The zero-order chi connectivity index (χ0) is 22.3. The number of para-hydroxylation sites is 1. The minimum absolute atomic E-state index is 0.0888. The summed E-state index contributed by atoms with van der Waals surface area (Å²) in [6.07, 6.45) is 0.166. The molecule has 0 saturated heterocycles. The van der Waals surface area contributed by atoms with Gasteiger partial charge in [0.15, 0.2) is 0 Å². The van der Waals surface area contributed by atoms with Crippen molar-refractivity contribution < 1.29 is 27.9 Å². The number of aromatic hydroxyl groups is 1. The van der Waals surface area contributed by atoms with Gasteiger partial charge in [-0.15, -0.1) is 0 Å². The normalized spacial score (nSPS) is 12.0. The molecule has 3 N–H and O–H groups in total. The maximum absolute atomic E-state index is 12.2. The summed E-state index contributed by atoms with van der Waals surface area (Å²) in [7, 11) is 0. The summed E-state index contributed by atoms with van der Waals surface area (Å²) in [4.78, 5) is 35.3. The molecule has 1 unspecified atom stereocenters. The van der Waals surface area contributed by atoms with Crippen LogP contribution in [0.15, 0.2) is 42.5 Å². The quantitative estimate of drug-likeness (QED) is 0.435. The van der Waals surface area contributed by atoms with Crippen LogP contribution in [0.4, 0.5) is 5.69 Å². The van der Waals surface area contributed by atoms with E-state index in [1.807, 2.05) is 20.8 Å². The van der Waals surface area contributed by atoms with E-state index in [0.29, 0.717) is 23.2 Å². The number of benzene rings is 2. The minimum Gasteiger partial charge on any atom is -0.505 e. The summed E-state index contributed by atoms with van der Waals surface area (Å²) in [6, 6.07) is 11.2. The molecule has 2 aromatic carbocycles. The topological polar surface area (TPSA) is 122 Å².